The quantitative estimate of drug-likeness (QED) is 0.476. The summed E-state index contributed by atoms with van der Waals surface area (Å²) in [5, 5.41) is 12.9. The fourth-order valence-corrected chi connectivity index (χ4v) is 5.04. The molecule has 1 amide bonds. The molecule has 9 heteroatoms. The minimum Gasteiger partial charge on any atom is -0.611 e. The van der Waals surface area contributed by atoms with Crippen molar-refractivity contribution < 1.29 is 13.7 Å². The van der Waals surface area contributed by atoms with Crippen molar-refractivity contribution in [3.8, 4) is 11.1 Å². The third kappa shape index (κ3) is 5.18. The first-order chi connectivity index (χ1) is 15.4. The van der Waals surface area contributed by atoms with Crippen LogP contribution in [0.5, 0.6) is 0 Å². The number of fused-ring (bicyclic) bond motifs is 1. The van der Waals surface area contributed by atoms with E-state index in [-0.39, 0.29) is 11.7 Å². The fourth-order valence-electron chi connectivity index (χ4n) is 3.67. The average Bonchev–Trinajstić information content (AvgIpc) is 3.32. The van der Waals surface area contributed by atoms with Gasteiger partial charge in [-0.2, -0.15) is 5.10 Å². The van der Waals surface area contributed by atoms with Gasteiger partial charge in [-0.25, -0.2) is 4.39 Å². The Kier molecular flexibility index (Phi) is 6.90. The Morgan fingerprint density at radius 1 is 1.25 bits per heavy atom. The monoisotopic (exact) mass is 455 g/mol. The number of nitrogens with zero attached hydrogens (tertiary/aromatic N) is 2. The van der Waals surface area contributed by atoms with Gasteiger partial charge in [-0.15, -0.1) is 0 Å². The molecule has 0 radical (unpaired) electrons. The number of nitrogens with one attached hydrogen (secondary N) is 3. The van der Waals surface area contributed by atoms with Crippen LogP contribution in [0.2, 0.25) is 0 Å². The molecule has 32 heavy (non-hydrogen) atoms. The van der Waals surface area contributed by atoms with Crippen LogP contribution in [0.15, 0.2) is 53.7 Å². The van der Waals surface area contributed by atoms with Crippen LogP contribution in [0.4, 0.5) is 10.1 Å². The van der Waals surface area contributed by atoms with Crippen LogP contribution in [0, 0.1) is 5.82 Å². The number of aromatic nitrogens is 2. The van der Waals surface area contributed by atoms with Crippen LogP contribution in [-0.4, -0.2) is 58.0 Å². The first kappa shape index (κ1) is 22.5. The van der Waals surface area contributed by atoms with E-state index >= 15 is 0 Å². The van der Waals surface area contributed by atoms with Gasteiger partial charge >= 0.3 is 0 Å². The molecule has 1 aliphatic rings. The van der Waals surface area contributed by atoms with Crippen LogP contribution >= 0.6 is 0 Å². The summed E-state index contributed by atoms with van der Waals surface area (Å²) >= 11 is -1.31. The molecule has 0 bridgehead atoms. The number of hydrogen-bond acceptors (Lipinski definition) is 5. The molecule has 2 atom stereocenters. The van der Waals surface area contributed by atoms with Gasteiger partial charge in [0.1, 0.15) is 11.6 Å². The number of H-pyrrole nitrogens is 1. The van der Waals surface area contributed by atoms with Crippen molar-refractivity contribution in [1.82, 2.24) is 20.4 Å². The summed E-state index contributed by atoms with van der Waals surface area (Å²) in [6.45, 7) is 1.15. The Hall–Kier alpha value is -2.72. The van der Waals surface area contributed by atoms with Crippen LogP contribution in [0.3, 0.4) is 0 Å². The maximum Gasteiger partial charge on any atom is 0.242 e. The number of amides is 1. The van der Waals surface area contributed by atoms with Crippen LogP contribution in [0.1, 0.15) is 11.1 Å². The zero-order valence-electron chi connectivity index (χ0n) is 18.0. The number of anilines is 1. The maximum absolute atomic E-state index is 13.6. The van der Waals surface area contributed by atoms with Gasteiger partial charge < -0.3 is 20.1 Å². The van der Waals surface area contributed by atoms with E-state index in [1.54, 1.807) is 24.5 Å². The van der Waals surface area contributed by atoms with Gasteiger partial charge in [-0.3, -0.25) is 9.89 Å². The van der Waals surface area contributed by atoms with E-state index in [1.165, 1.54) is 12.1 Å². The number of benzene rings is 2. The van der Waals surface area contributed by atoms with Gasteiger partial charge in [0.05, 0.1) is 17.9 Å². The molecule has 2 aromatic carbocycles. The summed E-state index contributed by atoms with van der Waals surface area (Å²) < 4.78 is 26.7. The van der Waals surface area contributed by atoms with Gasteiger partial charge in [0.2, 0.25) is 5.91 Å². The van der Waals surface area contributed by atoms with Crippen molar-refractivity contribution >= 4 is 22.8 Å². The number of aromatic amines is 1. The van der Waals surface area contributed by atoms with E-state index in [1.807, 2.05) is 31.1 Å². The zero-order valence-corrected chi connectivity index (χ0v) is 18.8. The molecular weight excluding hydrogens is 429 g/mol. The van der Waals surface area contributed by atoms with Crippen molar-refractivity contribution in [3.63, 3.8) is 0 Å². The number of halogens is 1. The highest BCUT2D eigenvalue weighted by Crippen LogP contribution is 2.29. The SMILES string of the molecule is CN(C)CC[S+]([O-])c1cc(-c2cn[nH]c2)ccc1NC(=O)[C@H]1Cc2cc(F)ccc2CN1. The van der Waals surface area contributed by atoms with Gasteiger partial charge in [-0.1, -0.05) is 12.1 Å². The number of hydrogen-bond donors (Lipinski definition) is 3. The zero-order chi connectivity index (χ0) is 22.7. The molecular formula is C23H26FN5O2S. The minimum absolute atomic E-state index is 0.234. The highest BCUT2D eigenvalue weighted by atomic mass is 32.2. The summed E-state index contributed by atoms with van der Waals surface area (Å²) in [5.41, 5.74) is 4.08. The molecule has 1 aromatic heterocycles. The lowest BCUT2D eigenvalue weighted by atomic mass is 9.95. The number of carbonyl (C=O) groups is 1. The van der Waals surface area contributed by atoms with Crippen molar-refractivity contribution in [2.24, 2.45) is 0 Å². The Balaban J connectivity index is 1.56. The highest BCUT2D eigenvalue weighted by Gasteiger charge is 2.27. The molecule has 3 aromatic rings. The normalized spacial score (nSPS) is 16.6. The maximum atomic E-state index is 13.6. The highest BCUT2D eigenvalue weighted by molar-refractivity contribution is 7.91. The van der Waals surface area contributed by atoms with Gasteiger partial charge in [0, 0.05) is 30.9 Å². The topological polar surface area (TPSA) is 96.1 Å². The largest absolute Gasteiger partial charge is 0.611 e. The minimum atomic E-state index is -1.31. The van der Waals surface area contributed by atoms with Crippen molar-refractivity contribution in [1.29, 1.82) is 0 Å². The Bertz CT molecular complexity index is 1090. The molecule has 3 N–H and O–H groups in total. The summed E-state index contributed by atoms with van der Waals surface area (Å²) in [7, 11) is 3.86. The lowest BCUT2D eigenvalue weighted by Gasteiger charge is -2.26. The second-order valence-corrected chi connectivity index (χ2v) is 9.63. The molecule has 2 heterocycles. The van der Waals surface area contributed by atoms with Crippen LogP contribution < -0.4 is 10.6 Å². The standard InChI is InChI=1S/C23H26FN5O2S/c1-29(2)7-8-32(31)22-11-15(18-13-26-27-14-18)4-6-20(22)28-23(30)21-10-17-9-19(24)5-3-16(17)12-25-21/h3-6,9,11,13-14,21,25H,7-8,10,12H2,1-2H3,(H,26,27)(H,28,30)/t21-,32?/m1/s1. The molecule has 0 aliphatic carbocycles. The summed E-state index contributed by atoms with van der Waals surface area (Å²) in [6, 6.07) is 9.64. The second kappa shape index (κ2) is 9.83. The Labute approximate surface area is 189 Å². The lowest BCUT2D eigenvalue weighted by molar-refractivity contribution is -0.118. The van der Waals surface area contributed by atoms with Crippen LogP contribution in [-0.2, 0) is 28.9 Å². The number of rotatable bonds is 7. The molecule has 4 rings (SSSR count). The Morgan fingerprint density at radius 2 is 2.09 bits per heavy atom. The van der Waals surface area contributed by atoms with Crippen molar-refractivity contribution in [2.75, 3.05) is 31.7 Å². The summed E-state index contributed by atoms with van der Waals surface area (Å²) in [6.07, 6.45) is 3.86. The van der Waals surface area contributed by atoms with Crippen molar-refractivity contribution in [2.45, 2.75) is 23.9 Å². The first-order valence-corrected chi connectivity index (χ1v) is 11.7. The van der Waals surface area contributed by atoms with E-state index in [2.05, 4.69) is 20.8 Å². The molecule has 1 aliphatic heterocycles. The number of carbonyl (C=O) groups excluding carboxylic acids is 1. The van der Waals surface area contributed by atoms with Crippen LogP contribution in [0.25, 0.3) is 11.1 Å². The third-order valence-corrected chi connectivity index (χ3v) is 6.87. The van der Waals surface area contributed by atoms with E-state index in [9.17, 15) is 13.7 Å². The smallest absolute Gasteiger partial charge is 0.242 e. The van der Waals surface area contributed by atoms with Gasteiger partial charge in [0.25, 0.3) is 0 Å². The molecule has 7 nitrogen and oxygen atoms in total. The molecule has 0 saturated heterocycles. The summed E-state index contributed by atoms with van der Waals surface area (Å²) in [4.78, 5) is 15.6. The molecule has 168 valence electrons. The predicted molar refractivity (Wildman–Crippen MR) is 123 cm³/mol. The first-order valence-electron chi connectivity index (χ1n) is 10.4. The van der Waals surface area contributed by atoms with Gasteiger partial charge in [-0.05, 0) is 66.6 Å². The fraction of sp³-hybridized carbons (Fsp3) is 0.304. The third-order valence-electron chi connectivity index (χ3n) is 5.49. The molecule has 0 fully saturated rings. The predicted octanol–water partition coefficient (Wildman–Crippen LogP) is 2.54. The summed E-state index contributed by atoms with van der Waals surface area (Å²) in [5.74, 6) is -0.0981. The van der Waals surface area contributed by atoms with E-state index in [4.69, 9.17) is 0 Å². The van der Waals surface area contributed by atoms with E-state index in [0.29, 0.717) is 35.8 Å². The molecule has 1 unspecified atom stereocenters. The molecule has 0 spiro atoms. The average molecular weight is 456 g/mol. The van der Waals surface area contributed by atoms with E-state index < -0.39 is 17.2 Å². The second-order valence-electron chi connectivity index (χ2n) is 8.09. The van der Waals surface area contributed by atoms with Gasteiger partial charge in [0.15, 0.2) is 4.90 Å². The van der Waals surface area contributed by atoms with Crippen molar-refractivity contribution in [3.05, 3.63) is 65.7 Å². The Morgan fingerprint density at radius 3 is 2.84 bits per heavy atom. The van der Waals surface area contributed by atoms with E-state index in [0.717, 1.165) is 22.3 Å². The lowest BCUT2D eigenvalue weighted by Crippen LogP contribution is -2.44. The molecule has 0 saturated carbocycles.